The van der Waals surface area contributed by atoms with Crippen molar-refractivity contribution in [3.8, 4) is 5.75 Å². The minimum atomic E-state index is -0.201. The molecule has 5 heteroatoms. The molecule has 0 atom stereocenters. The molecule has 5 nitrogen and oxygen atoms in total. The highest BCUT2D eigenvalue weighted by molar-refractivity contribution is 6.04. The number of carbonyl (C=O) groups is 2. The lowest BCUT2D eigenvalue weighted by Gasteiger charge is -2.11. The van der Waals surface area contributed by atoms with Gasteiger partial charge in [0, 0.05) is 23.4 Å². The Morgan fingerprint density at radius 1 is 0.897 bits per heavy atom. The maximum atomic E-state index is 12.5. The van der Waals surface area contributed by atoms with E-state index in [1.807, 2.05) is 31.2 Å². The molecule has 0 aliphatic heterocycles. The summed E-state index contributed by atoms with van der Waals surface area (Å²) >= 11 is 0. The molecule has 2 rings (SSSR count). The highest BCUT2D eigenvalue weighted by atomic mass is 16.5. The van der Waals surface area contributed by atoms with Crippen LogP contribution in [0.1, 0.15) is 68.3 Å². The minimum Gasteiger partial charge on any atom is -0.494 e. The summed E-state index contributed by atoms with van der Waals surface area (Å²) in [6, 6.07) is 12.6. The van der Waals surface area contributed by atoms with Crippen molar-refractivity contribution >= 4 is 23.2 Å². The van der Waals surface area contributed by atoms with Gasteiger partial charge in [0.25, 0.3) is 5.91 Å². The molecule has 0 radical (unpaired) electrons. The van der Waals surface area contributed by atoms with E-state index in [0.717, 1.165) is 17.7 Å². The summed E-state index contributed by atoms with van der Waals surface area (Å²) < 4.78 is 5.74. The Morgan fingerprint density at radius 3 is 2.31 bits per heavy atom. The van der Waals surface area contributed by atoms with Crippen LogP contribution in [0, 0.1) is 6.92 Å². The number of nitrogens with one attached hydrogen (secondary N) is 2. The smallest absolute Gasteiger partial charge is 0.255 e. The molecular formula is C24H32N2O3. The first kappa shape index (κ1) is 22.5. The van der Waals surface area contributed by atoms with Crippen molar-refractivity contribution in [3.63, 3.8) is 0 Å². The fourth-order valence-electron chi connectivity index (χ4n) is 2.87. The Labute approximate surface area is 173 Å². The summed E-state index contributed by atoms with van der Waals surface area (Å²) in [5.41, 5.74) is 2.85. The van der Waals surface area contributed by atoms with Crippen LogP contribution < -0.4 is 15.4 Å². The third-order valence-corrected chi connectivity index (χ3v) is 4.72. The predicted octanol–water partition coefficient (Wildman–Crippen LogP) is 5.95. The quantitative estimate of drug-likeness (QED) is 0.462. The number of rotatable bonds is 11. The molecule has 29 heavy (non-hydrogen) atoms. The average Bonchev–Trinajstić information content (AvgIpc) is 2.73. The largest absolute Gasteiger partial charge is 0.494 e. The van der Waals surface area contributed by atoms with Crippen molar-refractivity contribution in [1.29, 1.82) is 0 Å². The third-order valence-electron chi connectivity index (χ3n) is 4.72. The number of amides is 2. The second-order valence-corrected chi connectivity index (χ2v) is 7.17. The number of unbranched alkanes of at least 4 members (excludes halogenated alkanes) is 4. The number of hydrogen-bond acceptors (Lipinski definition) is 3. The Hall–Kier alpha value is -2.82. The first-order valence-electron chi connectivity index (χ1n) is 10.5. The first-order chi connectivity index (χ1) is 14.0. The topological polar surface area (TPSA) is 67.4 Å². The van der Waals surface area contributed by atoms with E-state index >= 15 is 0 Å². The van der Waals surface area contributed by atoms with Crippen LogP contribution >= 0.6 is 0 Å². The van der Waals surface area contributed by atoms with Gasteiger partial charge >= 0.3 is 0 Å². The number of ether oxygens (including phenoxy) is 1. The number of carbonyl (C=O) groups excluding carboxylic acids is 2. The van der Waals surface area contributed by atoms with Crippen molar-refractivity contribution < 1.29 is 14.3 Å². The van der Waals surface area contributed by atoms with Crippen LogP contribution in [0.15, 0.2) is 42.5 Å². The Morgan fingerprint density at radius 2 is 1.62 bits per heavy atom. The Kier molecular flexibility index (Phi) is 9.22. The Bertz CT molecular complexity index is 800. The average molecular weight is 397 g/mol. The van der Waals surface area contributed by atoms with Crippen molar-refractivity contribution in [2.24, 2.45) is 0 Å². The van der Waals surface area contributed by atoms with Gasteiger partial charge in [0.1, 0.15) is 5.75 Å². The van der Waals surface area contributed by atoms with E-state index in [-0.39, 0.29) is 11.8 Å². The molecule has 0 fully saturated rings. The fraction of sp³-hybridized carbons (Fsp3) is 0.417. The van der Waals surface area contributed by atoms with Gasteiger partial charge in [-0.05, 0) is 55.3 Å². The summed E-state index contributed by atoms with van der Waals surface area (Å²) in [6.07, 6.45) is 6.40. The molecule has 0 saturated carbocycles. The molecule has 0 spiro atoms. The number of hydrogen-bond donors (Lipinski definition) is 2. The summed E-state index contributed by atoms with van der Waals surface area (Å²) in [6.45, 7) is 6.62. The zero-order chi connectivity index (χ0) is 21.1. The van der Waals surface area contributed by atoms with E-state index in [4.69, 9.17) is 4.74 Å². The normalized spacial score (nSPS) is 10.4. The van der Waals surface area contributed by atoms with Crippen LogP contribution in [0.25, 0.3) is 0 Å². The van der Waals surface area contributed by atoms with Gasteiger partial charge in [-0.25, -0.2) is 0 Å². The summed E-state index contributed by atoms with van der Waals surface area (Å²) in [4.78, 5) is 24.2. The standard InChI is InChI=1S/C24H32N2O3/c1-4-6-7-8-9-16-29-21-14-11-19(12-15-21)24(28)25-20-13-10-18(3)22(17-20)26-23(27)5-2/h10-15,17H,4-9,16H2,1-3H3,(H,25,28)(H,26,27). The summed E-state index contributed by atoms with van der Waals surface area (Å²) in [5, 5.41) is 5.73. The second kappa shape index (κ2) is 11.9. The molecule has 156 valence electrons. The Balaban J connectivity index is 1.89. The molecule has 0 aromatic heterocycles. The molecule has 0 unspecified atom stereocenters. The minimum absolute atomic E-state index is 0.0578. The molecule has 0 heterocycles. The van der Waals surface area contributed by atoms with Crippen molar-refractivity contribution in [2.75, 3.05) is 17.2 Å². The van der Waals surface area contributed by atoms with Crippen LogP contribution in [0.4, 0.5) is 11.4 Å². The van der Waals surface area contributed by atoms with E-state index in [9.17, 15) is 9.59 Å². The molecule has 2 N–H and O–H groups in total. The molecular weight excluding hydrogens is 364 g/mol. The molecule has 0 bridgehead atoms. The highest BCUT2D eigenvalue weighted by Crippen LogP contribution is 2.21. The zero-order valence-electron chi connectivity index (χ0n) is 17.7. The lowest BCUT2D eigenvalue weighted by molar-refractivity contribution is -0.115. The van der Waals surface area contributed by atoms with Crippen molar-refractivity contribution in [3.05, 3.63) is 53.6 Å². The monoisotopic (exact) mass is 396 g/mol. The van der Waals surface area contributed by atoms with E-state index in [0.29, 0.717) is 30.0 Å². The number of benzene rings is 2. The van der Waals surface area contributed by atoms with Gasteiger partial charge in [-0.3, -0.25) is 9.59 Å². The van der Waals surface area contributed by atoms with Gasteiger partial charge in [-0.2, -0.15) is 0 Å². The van der Waals surface area contributed by atoms with Gasteiger partial charge in [0.05, 0.1) is 6.61 Å². The summed E-state index contributed by atoms with van der Waals surface area (Å²) in [5.74, 6) is 0.516. The van der Waals surface area contributed by atoms with Crippen LogP contribution in [-0.4, -0.2) is 18.4 Å². The predicted molar refractivity (Wildman–Crippen MR) is 119 cm³/mol. The second-order valence-electron chi connectivity index (χ2n) is 7.17. The van der Waals surface area contributed by atoms with Gasteiger partial charge in [-0.1, -0.05) is 45.6 Å². The van der Waals surface area contributed by atoms with Gasteiger partial charge in [-0.15, -0.1) is 0 Å². The highest BCUT2D eigenvalue weighted by Gasteiger charge is 2.09. The zero-order valence-corrected chi connectivity index (χ0v) is 17.7. The van der Waals surface area contributed by atoms with E-state index in [2.05, 4.69) is 17.6 Å². The SMILES string of the molecule is CCCCCCCOc1ccc(C(=O)Nc2ccc(C)c(NC(=O)CC)c2)cc1. The van der Waals surface area contributed by atoms with Crippen molar-refractivity contribution in [1.82, 2.24) is 0 Å². The maximum Gasteiger partial charge on any atom is 0.255 e. The molecule has 2 aromatic rings. The van der Waals surface area contributed by atoms with Gasteiger partial charge in [0.2, 0.25) is 5.91 Å². The van der Waals surface area contributed by atoms with E-state index in [1.165, 1.54) is 25.7 Å². The summed E-state index contributed by atoms with van der Waals surface area (Å²) in [7, 11) is 0. The fourth-order valence-corrected chi connectivity index (χ4v) is 2.87. The molecule has 0 aliphatic rings. The van der Waals surface area contributed by atoms with E-state index < -0.39 is 0 Å². The van der Waals surface area contributed by atoms with Crippen LogP contribution in [0.2, 0.25) is 0 Å². The number of anilines is 2. The van der Waals surface area contributed by atoms with Crippen LogP contribution in [-0.2, 0) is 4.79 Å². The van der Waals surface area contributed by atoms with Crippen LogP contribution in [0.5, 0.6) is 5.75 Å². The maximum absolute atomic E-state index is 12.5. The van der Waals surface area contributed by atoms with Gasteiger partial charge < -0.3 is 15.4 Å². The lowest BCUT2D eigenvalue weighted by Crippen LogP contribution is -2.14. The van der Waals surface area contributed by atoms with Gasteiger partial charge in [0.15, 0.2) is 0 Å². The lowest BCUT2D eigenvalue weighted by atomic mass is 10.1. The van der Waals surface area contributed by atoms with E-state index in [1.54, 1.807) is 25.1 Å². The third kappa shape index (κ3) is 7.60. The molecule has 2 aromatic carbocycles. The van der Waals surface area contributed by atoms with Crippen LogP contribution in [0.3, 0.4) is 0 Å². The molecule has 2 amide bonds. The van der Waals surface area contributed by atoms with Crippen molar-refractivity contribution in [2.45, 2.75) is 59.3 Å². The first-order valence-corrected chi connectivity index (χ1v) is 10.5. The molecule has 0 aliphatic carbocycles. The molecule has 0 saturated heterocycles. The number of aryl methyl sites for hydroxylation is 1.